The molecule has 3 rings (SSSR count). The van der Waals surface area contributed by atoms with Crippen molar-refractivity contribution >= 4 is 0 Å². The van der Waals surface area contributed by atoms with Crippen LogP contribution in [-0.2, 0) is 6.42 Å². The summed E-state index contributed by atoms with van der Waals surface area (Å²) >= 11 is 0. The summed E-state index contributed by atoms with van der Waals surface area (Å²) in [6.07, 6.45) is 0.987. The molecule has 2 heteroatoms. The Balaban J connectivity index is 1.93. The molecule has 0 saturated heterocycles. The molecule has 1 N–H and O–H groups in total. The molecule has 1 aliphatic carbocycles. The third kappa shape index (κ3) is 1.89. The van der Waals surface area contributed by atoms with Crippen molar-refractivity contribution in [2.75, 3.05) is 20.2 Å². The molecule has 0 fully saturated rings. The summed E-state index contributed by atoms with van der Waals surface area (Å²) in [5.41, 5.74) is 5.41. The van der Waals surface area contributed by atoms with Crippen molar-refractivity contribution in [1.82, 2.24) is 5.32 Å². The Hall–Kier alpha value is -1.80. The quantitative estimate of drug-likeness (QED) is 0.707. The highest BCUT2D eigenvalue weighted by atomic mass is 16.5. The van der Waals surface area contributed by atoms with E-state index in [1.54, 1.807) is 0 Å². The van der Waals surface area contributed by atoms with Gasteiger partial charge in [0.1, 0.15) is 12.4 Å². The van der Waals surface area contributed by atoms with Gasteiger partial charge < -0.3 is 10.1 Å². The summed E-state index contributed by atoms with van der Waals surface area (Å²) in [4.78, 5) is 0. The van der Waals surface area contributed by atoms with Crippen LogP contribution < -0.4 is 10.1 Å². The summed E-state index contributed by atoms with van der Waals surface area (Å²) < 4.78 is 5.86. The Kier molecular flexibility index (Phi) is 3.03. The number of hydrogen-bond donors (Lipinski definition) is 1. The molecule has 18 heavy (non-hydrogen) atoms. The third-order valence-electron chi connectivity index (χ3n) is 3.42. The molecule has 2 aromatic carbocycles. The van der Waals surface area contributed by atoms with E-state index >= 15 is 0 Å². The van der Waals surface area contributed by atoms with Crippen molar-refractivity contribution < 1.29 is 4.74 Å². The van der Waals surface area contributed by atoms with Crippen molar-refractivity contribution in [3.05, 3.63) is 53.6 Å². The summed E-state index contributed by atoms with van der Waals surface area (Å²) in [6.45, 7) is 1.58. The highest BCUT2D eigenvalue weighted by Gasteiger charge is 2.20. The van der Waals surface area contributed by atoms with Crippen LogP contribution in [0.4, 0.5) is 0 Å². The monoisotopic (exact) mass is 239 g/mol. The normalized spacial score (nSPS) is 12.1. The maximum Gasteiger partial charge on any atom is 0.123 e. The van der Waals surface area contributed by atoms with Gasteiger partial charge in [0.25, 0.3) is 0 Å². The zero-order valence-electron chi connectivity index (χ0n) is 10.6. The van der Waals surface area contributed by atoms with E-state index in [-0.39, 0.29) is 0 Å². The van der Waals surface area contributed by atoms with Crippen LogP contribution in [0.25, 0.3) is 11.1 Å². The highest BCUT2D eigenvalue weighted by Crippen LogP contribution is 2.40. The van der Waals surface area contributed by atoms with Crippen molar-refractivity contribution in [1.29, 1.82) is 0 Å². The van der Waals surface area contributed by atoms with Crippen LogP contribution in [0.1, 0.15) is 11.1 Å². The second-order valence-corrected chi connectivity index (χ2v) is 4.57. The highest BCUT2D eigenvalue weighted by molar-refractivity contribution is 5.78. The first kappa shape index (κ1) is 11.3. The van der Waals surface area contributed by atoms with E-state index in [0.717, 1.165) is 18.7 Å². The Labute approximate surface area is 108 Å². The van der Waals surface area contributed by atoms with Gasteiger partial charge in [0.2, 0.25) is 0 Å². The van der Waals surface area contributed by atoms with E-state index in [1.807, 2.05) is 7.05 Å². The first-order chi connectivity index (χ1) is 8.90. The van der Waals surface area contributed by atoms with Crippen LogP contribution in [0.2, 0.25) is 0 Å². The third-order valence-corrected chi connectivity index (χ3v) is 3.42. The van der Waals surface area contributed by atoms with Crippen LogP contribution in [0.3, 0.4) is 0 Å². The van der Waals surface area contributed by atoms with Gasteiger partial charge in [0, 0.05) is 18.5 Å². The fourth-order valence-corrected chi connectivity index (χ4v) is 2.53. The molecular weight excluding hydrogens is 222 g/mol. The fourth-order valence-electron chi connectivity index (χ4n) is 2.53. The minimum atomic E-state index is 0.712. The molecule has 0 bridgehead atoms. The van der Waals surface area contributed by atoms with Crippen LogP contribution in [-0.4, -0.2) is 20.2 Å². The number of likely N-dealkylation sites (N-methyl/N-ethyl adjacent to an activating group) is 1. The molecule has 0 aliphatic heterocycles. The summed E-state index contributed by atoms with van der Waals surface area (Å²) in [7, 11) is 1.94. The number of rotatable bonds is 4. The van der Waals surface area contributed by atoms with Crippen LogP contribution >= 0.6 is 0 Å². The number of fused-ring (bicyclic) bond motifs is 3. The largest absolute Gasteiger partial charge is 0.492 e. The lowest BCUT2D eigenvalue weighted by atomic mass is 10.1. The topological polar surface area (TPSA) is 21.3 Å². The van der Waals surface area contributed by atoms with Gasteiger partial charge in [-0.25, -0.2) is 0 Å². The van der Waals surface area contributed by atoms with E-state index in [9.17, 15) is 0 Å². The van der Waals surface area contributed by atoms with Gasteiger partial charge in [0.15, 0.2) is 0 Å². The van der Waals surface area contributed by atoms with Crippen molar-refractivity contribution in [3.8, 4) is 16.9 Å². The van der Waals surface area contributed by atoms with E-state index in [4.69, 9.17) is 4.74 Å². The predicted molar refractivity (Wildman–Crippen MR) is 74.1 cm³/mol. The van der Waals surface area contributed by atoms with E-state index in [1.165, 1.54) is 22.3 Å². The maximum atomic E-state index is 5.86. The number of nitrogens with one attached hydrogen (secondary N) is 1. The van der Waals surface area contributed by atoms with Gasteiger partial charge in [0.05, 0.1) is 0 Å². The Bertz CT molecular complexity index is 563. The van der Waals surface area contributed by atoms with Gasteiger partial charge in [-0.1, -0.05) is 36.4 Å². The van der Waals surface area contributed by atoms with Gasteiger partial charge in [-0.05, 0) is 29.8 Å². The molecular formula is C16H17NO. The minimum absolute atomic E-state index is 0.712. The second-order valence-electron chi connectivity index (χ2n) is 4.57. The van der Waals surface area contributed by atoms with Crippen molar-refractivity contribution in [2.24, 2.45) is 0 Å². The Morgan fingerprint density at radius 3 is 2.78 bits per heavy atom. The molecule has 0 unspecified atom stereocenters. The van der Waals surface area contributed by atoms with Crippen molar-refractivity contribution in [2.45, 2.75) is 6.42 Å². The second kappa shape index (κ2) is 4.83. The number of benzene rings is 2. The zero-order valence-corrected chi connectivity index (χ0v) is 10.6. The van der Waals surface area contributed by atoms with Gasteiger partial charge >= 0.3 is 0 Å². The summed E-state index contributed by atoms with van der Waals surface area (Å²) in [5.74, 6) is 1.03. The lowest BCUT2D eigenvalue weighted by Gasteiger charge is -2.10. The number of ether oxygens (including phenoxy) is 1. The molecule has 92 valence electrons. The molecule has 0 spiro atoms. The molecule has 1 aliphatic rings. The Morgan fingerprint density at radius 1 is 1.06 bits per heavy atom. The molecule has 0 aromatic heterocycles. The summed E-state index contributed by atoms with van der Waals surface area (Å²) in [5, 5.41) is 3.10. The first-order valence-corrected chi connectivity index (χ1v) is 6.37. The molecule has 0 saturated carbocycles. The fraction of sp³-hybridized carbons (Fsp3) is 0.250. The van der Waals surface area contributed by atoms with Gasteiger partial charge in [-0.3, -0.25) is 0 Å². The molecule has 0 radical (unpaired) electrons. The molecule has 0 amide bonds. The Morgan fingerprint density at radius 2 is 1.89 bits per heavy atom. The molecule has 2 nitrogen and oxygen atoms in total. The zero-order chi connectivity index (χ0) is 12.4. The average molecular weight is 239 g/mol. The van der Waals surface area contributed by atoms with Gasteiger partial charge in [-0.2, -0.15) is 0 Å². The average Bonchev–Trinajstić information content (AvgIpc) is 2.79. The predicted octanol–water partition coefficient (Wildman–Crippen LogP) is 2.86. The lowest BCUT2D eigenvalue weighted by molar-refractivity contribution is 0.316. The standard InChI is InChI=1S/C16H17NO/c1-17-9-10-18-16-8-4-7-14-13-6-3-2-5-12(13)11-15(14)16/h2-8,17H,9-11H2,1H3. The van der Waals surface area contributed by atoms with Gasteiger partial charge in [-0.15, -0.1) is 0 Å². The van der Waals surface area contributed by atoms with Crippen molar-refractivity contribution in [3.63, 3.8) is 0 Å². The molecule has 0 heterocycles. The molecule has 2 aromatic rings. The maximum absolute atomic E-state index is 5.86. The van der Waals surface area contributed by atoms with Crippen LogP contribution in [0.15, 0.2) is 42.5 Å². The van der Waals surface area contributed by atoms with E-state index < -0.39 is 0 Å². The SMILES string of the molecule is CNCCOc1cccc2c1Cc1ccccc1-2. The van der Waals surface area contributed by atoms with E-state index in [2.05, 4.69) is 47.8 Å². The molecule has 0 atom stereocenters. The smallest absolute Gasteiger partial charge is 0.123 e. The van der Waals surface area contributed by atoms with Crippen LogP contribution in [0, 0.1) is 0 Å². The lowest BCUT2D eigenvalue weighted by Crippen LogP contribution is -2.16. The van der Waals surface area contributed by atoms with E-state index in [0.29, 0.717) is 6.61 Å². The van der Waals surface area contributed by atoms with Crippen LogP contribution in [0.5, 0.6) is 5.75 Å². The summed E-state index contributed by atoms with van der Waals surface area (Å²) in [6, 6.07) is 14.9. The minimum Gasteiger partial charge on any atom is -0.492 e. The number of hydrogen-bond acceptors (Lipinski definition) is 2. The first-order valence-electron chi connectivity index (χ1n) is 6.37.